The van der Waals surface area contributed by atoms with Crippen LogP contribution in [0.5, 0.6) is 0 Å². The molecule has 5 nitrogen and oxygen atoms in total. The maximum Gasteiger partial charge on any atom is 0.309 e. The molecule has 0 radical (unpaired) electrons. The van der Waals surface area contributed by atoms with Crippen LogP contribution in [0.2, 0.25) is 0 Å². The van der Waals surface area contributed by atoms with Crippen LogP contribution >= 0.6 is 11.6 Å². The van der Waals surface area contributed by atoms with E-state index in [2.05, 4.69) is 46.1 Å². The second kappa shape index (κ2) is 24.5. The Morgan fingerprint density at radius 1 is 0.969 bits per heavy atom. The average molecular weight is 478 g/mol. The number of aliphatic hydroxyl groups excluding tert-OH is 1. The average Bonchev–Trinajstić information content (AvgIpc) is 2.63. The molecule has 6 heteroatoms. The van der Waals surface area contributed by atoms with Gasteiger partial charge in [0.1, 0.15) is 6.10 Å². The van der Waals surface area contributed by atoms with Crippen molar-refractivity contribution in [2.45, 2.75) is 114 Å². The minimum atomic E-state index is -0.419. The van der Waals surface area contributed by atoms with Crippen LogP contribution in [-0.2, 0) is 14.3 Å². The predicted octanol–water partition coefficient (Wildman–Crippen LogP) is 6.63. The number of nitrogens with zero attached hydrogens (tertiary/aromatic N) is 1. The normalized spacial score (nSPS) is 12.5. The van der Waals surface area contributed by atoms with Crippen molar-refractivity contribution >= 4 is 22.8 Å². The predicted molar refractivity (Wildman–Crippen MR) is 140 cm³/mol. The van der Waals surface area contributed by atoms with Crippen LogP contribution in [0.1, 0.15) is 89.5 Å². The second-order valence-electron chi connectivity index (χ2n) is 8.74. The van der Waals surface area contributed by atoms with Crippen LogP contribution in [0.4, 0.5) is 0 Å². The lowest BCUT2D eigenvalue weighted by Crippen LogP contribution is -2.36. The molecular formula is C26H52ClNO4. The summed E-state index contributed by atoms with van der Waals surface area (Å²) in [5.74, 6) is 0.593. The van der Waals surface area contributed by atoms with Gasteiger partial charge in [-0.05, 0) is 84.5 Å². The third-order valence-electron chi connectivity index (χ3n) is 4.52. The molecule has 0 aliphatic carbocycles. The van der Waals surface area contributed by atoms with Gasteiger partial charge in [0.05, 0.1) is 12.5 Å². The number of esters is 1. The van der Waals surface area contributed by atoms with E-state index in [0.717, 1.165) is 6.54 Å². The van der Waals surface area contributed by atoms with E-state index in [-0.39, 0.29) is 18.2 Å². The van der Waals surface area contributed by atoms with Crippen LogP contribution in [-0.4, -0.2) is 52.1 Å². The molecule has 192 valence electrons. The molecule has 0 aliphatic rings. The van der Waals surface area contributed by atoms with E-state index < -0.39 is 5.24 Å². The maximum atomic E-state index is 10.9. The summed E-state index contributed by atoms with van der Waals surface area (Å²) in [7, 11) is 0. The van der Waals surface area contributed by atoms with E-state index in [1.165, 1.54) is 6.08 Å². The van der Waals surface area contributed by atoms with E-state index in [4.69, 9.17) is 21.4 Å². The van der Waals surface area contributed by atoms with Gasteiger partial charge in [-0.25, -0.2) is 0 Å². The Morgan fingerprint density at radius 3 is 1.50 bits per heavy atom. The van der Waals surface area contributed by atoms with Gasteiger partial charge >= 0.3 is 5.97 Å². The lowest BCUT2D eigenvalue weighted by Gasteiger charge is -2.28. The zero-order valence-corrected chi connectivity index (χ0v) is 23.6. The first-order valence-electron chi connectivity index (χ1n) is 11.6. The van der Waals surface area contributed by atoms with Gasteiger partial charge in [0.25, 0.3) is 0 Å². The standard InChI is InChI=1S/C9H16O2.C8H19N.C5H12O.C4H5ClO/c1-5-6-9(10)11-8(4)7(2)3;1-6-9(7(2)3)8(4)5;1-4(2)5(3)6;1-2-3-4(5)6/h5,7-8H,1,6H2,2-4H3;7-8H,6H2,1-5H3;4-6H,1-3H3;2-3H,1H3/b;;;3-2+. The quantitative estimate of drug-likeness (QED) is 0.175. The fraction of sp³-hybridized carbons (Fsp3) is 0.769. The van der Waals surface area contributed by atoms with Crippen LogP contribution in [0, 0.1) is 11.8 Å². The summed E-state index contributed by atoms with van der Waals surface area (Å²) in [5.41, 5.74) is 0. The number of allylic oxidation sites excluding steroid dienone is 2. The van der Waals surface area contributed by atoms with Gasteiger partial charge in [-0.2, -0.15) is 0 Å². The minimum absolute atomic E-state index is 0.00227. The van der Waals surface area contributed by atoms with Crippen molar-refractivity contribution in [3.05, 3.63) is 24.8 Å². The number of hydrogen-bond donors (Lipinski definition) is 1. The Morgan fingerprint density at radius 2 is 1.38 bits per heavy atom. The first kappa shape index (κ1) is 38.1. The number of rotatable bonds is 9. The van der Waals surface area contributed by atoms with Crippen LogP contribution in [0.25, 0.3) is 0 Å². The molecular weight excluding hydrogens is 426 g/mol. The molecule has 0 saturated carbocycles. The summed E-state index contributed by atoms with van der Waals surface area (Å²) in [6.07, 6.45) is 4.59. The molecule has 1 N–H and O–H groups in total. The monoisotopic (exact) mass is 477 g/mol. The summed E-state index contributed by atoms with van der Waals surface area (Å²) < 4.78 is 5.04. The van der Waals surface area contributed by atoms with Crippen molar-refractivity contribution < 1.29 is 19.4 Å². The molecule has 0 aromatic rings. The Hall–Kier alpha value is -1.17. The molecule has 0 bridgehead atoms. The third-order valence-corrected chi connectivity index (χ3v) is 4.65. The van der Waals surface area contributed by atoms with E-state index in [1.807, 2.05) is 34.6 Å². The highest BCUT2D eigenvalue weighted by Gasteiger charge is 2.11. The molecule has 0 rings (SSSR count). The lowest BCUT2D eigenvalue weighted by atomic mass is 10.1. The Bertz CT molecular complexity index is 472. The third kappa shape index (κ3) is 31.0. The smallest absolute Gasteiger partial charge is 0.309 e. The molecule has 0 amide bonds. The molecule has 0 aromatic heterocycles. The Balaban J connectivity index is -0.000000169. The topological polar surface area (TPSA) is 66.8 Å². The molecule has 0 saturated heterocycles. The van der Waals surface area contributed by atoms with Gasteiger partial charge in [-0.15, -0.1) is 6.58 Å². The van der Waals surface area contributed by atoms with Gasteiger partial charge in [-0.3, -0.25) is 14.5 Å². The summed E-state index contributed by atoms with van der Waals surface area (Å²) in [6, 6.07) is 1.38. The minimum Gasteiger partial charge on any atom is -0.462 e. The van der Waals surface area contributed by atoms with Gasteiger partial charge in [-0.1, -0.05) is 46.8 Å². The molecule has 0 aliphatic heterocycles. The van der Waals surface area contributed by atoms with E-state index >= 15 is 0 Å². The van der Waals surface area contributed by atoms with E-state index in [9.17, 15) is 9.59 Å². The molecule has 0 aromatic carbocycles. The van der Waals surface area contributed by atoms with Crippen LogP contribution < -0.4 is 0 Å². The van der Waals surface area contributed by atoms with E-state index in [1.54, 1.807) is 26.0 Å². The van der Waals surface area contributed by atoms with Gasteiger partial charge in [0, 0.05) is 12.1 Å². The van der Waals surface area contributed by atoms with Crippen LogP contribution in [0.15, 0.2) is 24.8 Å². The zero-order valence-electron chi connectivity index (χ0n) is 22.8. The molecule has 32 heavy (non-hydrogen) atoms. The highest BCUT2D eigenvalue weighted by atomic mass is 35.5. The highest BCUT2D eigenvalue weighted by molar-refractivity contribution is 6.66. The molecule has 0 heterocycles. The summed E-state index contributed by atoms with van der Waals surface area (Å²) >= 11 is 4.85. The summed E-state index contributed by atoms with van der Waals surface area (Å²) in [4.78, 5) is 23.0. The van der Waals surface area contributed by atoms with Gasteiger partial charge in [0.15, 0.2) is 0 Å². The number of hydrogen-bond acceptors (Lipinski definition) is 5. The van der Waals surface area contributed by atoms with Crippen molar-refractivity contribution in [2.75, 3.05) is 6.54 Å². The first-order chi connectivity index (χ1) is 14.6. The first-order valence-corrected chi connectivity index (χ1v) is 12.0. The SMILES string of the molecule is C/C=C/C(=O)Cl.C=CCC(=O)OC(C)C(C)C.CC(C)C(C)O.CCN(C(C)C)C(C)C. The largest absolute Gasteiger partial charge is 0.462 e. The number of ether oxygens (including phenoxy) is 1. The fourth-order valence-electron chi connectivity index (χ4n) is 1.97. The number of halogens is 1. The van der Waals surface area contributed by atoms with Crippen molar-refractivity contribution in [1.29, 1.82) is 0 Å². The Kier molecular flexibility index (Phi) is 29.1. The van der Waals surface area contributed by atoms with E-state index in [0.29, 0.717) is 30.3 Å². The van der Waals surface area contributed by atoms with Gasteiger partial charge < -0.3 is 9.84 Å². The molecule has 2 unspecified atom stereocenters. The highest BCUT2D eigenvalue weighted by Crippen LogP contribution is 2.06. The van der Waals surface area contributed by atoms with Crippen molar-refractivity contribution in [2.24, 2.45) is 11.8 Å². The molecule has 0 fully saturated rings. The van der Waals surface area contributed by atoms with Crippen molar-refractivity contribution in [1.82, 2.24) is 4.90 Å². The fourth-order valence-corrected chi connectivity index (χ4v) is 2.09. The summed E-state index contributed by atoms with van der Waals surface area (Å²) in [5, 5.41) is 8.21. The maximum absolute atomic E-state index is 10.9. The number of aliphatic hydroxyl groups is 1. The van der Waals surface area contributed by atoms with Gasteiger partial charge in [0.2, 0.25) is 5.24 Å². The number of carbonyl (C=O) groups is 2. The van der Waals surface area contributed by atoms with Crippen molar-refractivity contribution in [3.63, 3.8) is 0 Å². The second-order valence-corrected chi connectivity index (χ2v) is 9.11. The molecule has 2 atom stereocenters. The lowest BCUT2D eigenvalue weighted by molar-refractivity contribution is -0.149. The Labute approximate surface area is 204 Å². The van der Waals surface area contributed by atoms with Crippen molar-refractivity contribution in [3.8, 4) is 0 Å². The number of carbonyl (C=O) groups excluding carboxylic acids is 2. The summed E-state index contributed by atoms with van der Waals surface area (Å²) in [6.45, 7) is 29.2. The zero-order chi connectivity index (χ0) is 26.4. The van der Waals surface area contributed by atoms with Crippen LogP contribution in [0.3, 0.4) is 0 Å². The molecule has 0 spiro atoms.